The maximum absolute atomic E-state index is 14.9. The van der Waals surface area contributed by atoms with Gasteiger partial charge >= 0.3 is 12.3 Å². The van der Waals surface area contributed by atoms with E-state index in [0.29, 0.717) is 19.4 Å². The summed E-state index contributed by atoms with van der Waals surface area (Å²) in [5.74, 6) is -6.19. The number of carbonyl (C=O) groups excluding carboxylic acids is 1. The first kappa shape index (κ1) is 27.7. The molecular weight excluding hydrogens is 535 g/mol. The van der Waals surface area contributed by atoms with Gasteiger partial charge in [-0.2, -0.15) is 8.78 Å². The summed E-state index contributed by atoms with van der Waals surface area (Å²) in [6.07, 6.45) is -1.73. The second-order valence-corrected chi connectivity index (χ2v) is 12.2. The lowest BCUT2D eigenvalue weighted by atomic mass is 9.96. The van der Waals surface area contributed by atoms with Crippen molar-refractivity contribution in [1.82, 2.24) is 9.97 Å². The van der Waals surface area contributed by atoms with Crippen molar-refractivity contribution in [3.8, 4) is 5.75 Å². The second kappa shape index (κ2) is 9.75. The number of halogens is 5. The lowest BCUT2D eigenvalue weighted by Gasteiger charge is -2.43. The molecule has 2 aliphatic rings. The molecule has 4 rings (SSSR count). The molecule has 0 bridgehead atoms. The van der Waals surface area contributed by atoms with E-state index in [9.17, 15) is 31.0 Å². The van der Waals surface area contributed by atoms with E-state index < -0.39 is 50.7 Å². The van der Waals surface area contributed by atoms with Crippen molar-refractivity contribution in [3.63, 3.8) is 0 Å². The lowest BCUT2D eigenvalue weighted by Crippen LogP contribution is -2.57. The molecule has 0 radical (unpaired) electrons. The van der Waals surface area contributed by atoms with E-state index >= 15 is 0 Å². The van der Waals surface area contributed by atoms with E-state index in [4.69, 9.17) is 5.73 Å². The standard InChI is InChI=1S/C23H25F5N6O3S/c1-21(12-38(36)22(2,20(29)34-21)8-3-9-31-38)17-14(24)5-7-16(32-17)33-18(35)15-6-4-13(10-30-15)37-11-23(27,28)19(25)26/h4-7,10,19H,3,8-9,11-12H2,1-2H3,(H2,29,34)(H,32,33,35). The highest BCUT2D eigenvalue weighted by Gasteiger charge is 2.52. The molecule has 0 fully saturated rings. The molecule has 15 heteroatoms. The number of fused-ring (bicyclic) bond motifs is 1. The van der Waals surface area contributed by atoms with Crippen molar-refractivity contribution in [1.29, 1.82) is 0 Å². The number of anilines is 1. The monoisotopic (exact) mass is 560 g/mol. The smallest absolute Gasteiger partial charge is 0.340 e. The molecule has 1 amide bonds. The number of ether oxygens (including phenoxy) is 1. The molecular formula is C23H25F5N6O3S. The number of nitrogens with zero attached hydrogens (tertiary/aromatic N) is 4. The number of rotatable bonds is 7. The van der Waals surface area contributed by atoms with Gasteiger partial charge in [-0.3, -0.25) is 9.79 Å². The van der Waals surface area contributed by atoms with Crippen molar-refractivity contribution in [2.24, 2.45) is 15.1 Å². The zero-order valence-corrected chi connectivity index (χ0v) is 21.2. The summed E-state index contributed by atoms with van der Waals surface area (Å²) in [6, 6.07) is 4.50. The Kier molecular flexibility index (Phi) is 7.10. The molecule has 206 valence electrons. The SMILES string of the molecule is CC1(c2nc(NC(=O)c3ccc(OCC(F)(F)C(F)F)cn3)ccc2F)CS2(=O)=NCCCC2(C)C(N)=N1. The molecule has 38 heavy (non-hydrogen) atoms. The van der Waals surface area contributed by atoms with Crippen LogP contribution in [0.3, 0.4) is 0 Å². The quantitative estimate of drug-likeness (QED) is 0.496. The molecule has 3 atom stereocenters. The summed E-state index contributed by atoms with van der Waals surface area (Å²) in [5, 5.41) is 2.44. The predicted molar refractivity (Wildman–Crippen MR) is 130 cm³/mol. The van der Waals surface area contributed by atoms with Crippen LogP contribution in [0, 0.1) is 5.82 Å². The maximum Gasteiger partial charge on any atom is 0.340 e. The number of alkyl halides is 4. The van der Waals surface area contributed by atoms with Crippen LogP contribution in [0.2, 0.25) is 0 Å². The Labute approximate surface area is 215 Å². The number of aliphatic imine (C=N–C) groups is 1. The van der Waals surface area contributed by atoms with Crippen LogP contribution < -0.4 is 15.8 Å². The highest BCUT2D eigenvalue weighted by Crippen LogP contribution is 2.42. The normalized spacial score (nSPS) is 27.2. The van der Waals surface area contributed by atoms with Crippen molar-refractivity contribution in [2.75, 3.05) is 24.2 Å². The summed E-state index contributed by atoms with van der Waals surface area (Å²) in [5.41, 5.74) is 4.46. The summed E-state index contributed by atoms with van der Waals surface area (Å²) < 4.78 is 87.3. The average molecular weight is 561 g/mol. The number of carbonyl (C=O) groups is 1. The zero-order valence-electron chi connectivity index (χ0n) is 20.4. The second-order valence-electron chi connectivity index (χ2n) is 9.45. The lowest BCUT2D eigenvalue weighted by molar-refractivity contribution is -0.148. The largest absolute Gasteiger partial charge is 0.485 e. The summed E-state index contributed by atoms with van der Waals surface area (Å²) in [6.45, 7) is 2.12. The number of nitrogens with one attached hydrogen (secondary N) is 1. The van der Waals surface area contributed by atoms with Gasteiger partial charge < -0.3 is 15.8 Å². The van der Waals surface area contributed by atoms with Crippen molar-refractivity contribution in [2.45, 2.75) is 49.3 Å². The van der Waals surface area contributed by atoms with Gasteiger partial charge in [0.05, 0.1) is 21.7 Å². The van der Waals surface area contributed by atoms with Gasteiger partial charge in [0.1, 0.15) is 44.9 Å². The molecule has 0 spiro atoms. The van der Waals surface area contributed by atoms with Gasteiger partial charge in [0.2, 0.25) is 0 Å². The number of amides is 1. The fourth-order valence-corrected chi connectivity index (χ4v) is 7.18. The average Bonchev–Trinajstić information content (AvgIpc) is 2.85. The highest BCUT2D eigenvalue weighted by molar-refractivity contribution is 7.95. The first-order valence-electron chi connectivity index (χ1n) is 11.5. The van der Waals surface area contributed by atoms with Gasteiger partial charge in [0.15, 0.2) is 6.61 Å². The Morgan fingerprint density at radius 2 is 2.00 bits per heavy atom. The van der Waals surface area contributed by atoms with E-state index in [-0.39, 0.29) is 34.5 Å². The van der Waals surface area contributed by atoms with Crippen LogP contribution in [0.15, 0.2) is 39.8 Å². The Morgan fingerprint density at radius 3 is 2.66 bits per heavy atom. The third-order valence-corrected chi connectivity index (χ3v) is 9.89. The van der Waals surface area contributed by atoms with Crippen LogP contribution in [0.25, 0.3) is 0 Å². The zero-order chi connectivity index (χ0) is 27.9. The summed E-state index contributed by atoms with van der Waals surface area (Å²) >= 11 is 0. The topological polar surface area (TPSA) is 132 Å². The number of pyridine rings is 2. The third-order valence-electron chi connectivity index (χ3n) is 6.52. The van der Waals surface area contributed by atoms with Crippen LogP contribution in [0.4, 0.5) is 27.8 Å². The van der Waals surface area contributed by atoms with E-state index in [1.807, 2.05) is 0 Å². The third kappa shape index (κ3) is 5.02. The number of hydrogen-bond donors (Lipinski definition) is 2. The van der Waals surface area contributed by atoms with E-state index in [0.717, 1.165) is 24.4 Å². The van der Waals surface area contributed by atoms with Crippen LogP contribution in [0.1, 0.15) is 42.9 Å². The number of hydrogen-bond acceptors (Lipinski definition) is 8. The van der Waals surface area contributed by atoms with Crippen molar-refractivity contribution < 1.29 is 35.7 Å². The van der Waals surface area contributed by atoms with E-state index in [1.165, 1.54) is 6.07 Å². The Hall–Kier alpha value is -3.36. The van der Waals surface area contributed by atoms with Crippen LogP contribution >= 0.6 is 0 Å². The van der Waals surface area contributed by atoms with Gasteiger partial charge in [0.25, 0.3) is 5.91 Å². The Morgan fingerprint density at radius 1 is 1.26 bits per heavy atom. The predicted octanol–water partition coefficient (Wildman–Crippen LogP) is 3.75. The molecule has 2 aromatic rings. The summed E-state index contributed by atoms with van der Waals surface area (Å²) in [4.78, 5) is 25.1. The van der Waals surface area contributed by atoms with Crippen molar-refractivity contribution >= 4 is 27.3 Å². The first-order chi connectivity index (χ1) is 17.7. The van der Waals surface area contributed by atoms with Crippen LogP contribution in [-0.2, 0) is 15.3 Å². The minimum absolute atomic E-state index is 0.0658. The molecule has 2 aromatic heterocycles. The molecule has 0 saturated heterocycles. The van der Waals surface area contributed by atoms with Crippen molar-refractivity contribution in [3.05, 3.63) is 47.7 Å². The highest BCUT2D eigenvalue weighted by atomic mass is 32.2. The fourth-order valence-electron chi connectivity index (χ4n) is 4.26. The minimum Gasteiger partial charge on any atom is -0.485 e. The molecule has 9 nitrogen and oxygen atoms in total. The number of amidine groups is 1. The molecule has 2 aliphatic heterocycles. The van der Waals surface area contributed by atoms with E-state index in [2.05, 4.69) is 29.4 Å². The number of aromatic nitrogens is 2. The van der Waals surface area contributed by atoms with Gasteiger partial charge in [0, 0.05) is 6.54 Å². The molecule has 0 aromatic carbocycles. The van der Waals surface area contributed by atoms with Gasteiger partial charge in [-0.15, -0.1) is 0 Å². The van der Waals surface area contributed by atoms with Crippen LogP contribution in [0.5, 0.6) is 5.75 Å². The maximum atomic E-state index is 14.9. The molecule has 0 aliphatic carbocycles. The fraction of sp³-hybridized carbons (Fsp3) is 0.478. The summed E-state index contributed by atoms with van der Waals surface area (Å²) in [7, 11) is -2.89. The first-order valence-corrected chi connectivity index (χ1v) is 13.2. The Bertz CT molecular complexity index is 1400. The molecule has 4 heterocycles. The Balaban J connectivity index is 1.54. The van der Waals surface area contributed by atoms with Gasteiger partial charge in [-0.05, 0) is 51.0 Å². The molecule has 3 unspecified atom stereocenters. The van der Waals surface area contributed by atoms with Gasteiger partial charge in [-0.1, -0.05) is 0 Å². The minimum atomic E-state index is -4.34. The molecule has 0 saturated carbocycles. The van der Waals surface area contributed by atoms with E-state index in [1.54, 1.807) is 13.8 Å². The number of nitrogens with two attached hydrogens (primary N) is 1. The molecule has 3 N–H and O–H groups in total. The van der Waals surface area contributed by atoms with Gasteiger partial charge in [-0.25, -0.2) is 31.7 Å². The van der Waals surface area contributed by atoms with Crippen LogP contribution in [-0.4, -0.2) is 61.9 Å².